The number of carbonyl (C=O) groups is 2. The van der Waals surface area contributed by atoms with Crippen molar-refractivity contribution in [1.29, 1.82) is 0 Å². The van der Waals surface area contributed by atoms with Crippen molar-refractivity contribution >= 4 is 12.2 Å². The molecule has 138 valence electrons. The zero-order chi connectivity index (χ0) is 21.0. The molecule has 6 nitrogen and oxygen atoms in total. The van der Waals surface area contributed by atoms with Gasteiger partial charge in [0.1, 0.15) is 12.2 Å². The number of benzene rings is 1. The summed E-state index contributed by atoms with van der Waals surface area (Å²) in [5.74, 6) is 0. The lowest BCUT2D eigenvalue weighted by atomic mass is 9.95. The van der Waals surface area contributed by atoms with Gasteiger partial charge in [0.25, 0.3) is 0 Å². The lowest BCUT2D eigenvalue weighted by Crippen LogP contribution is -2.55. The fourth-order valence-electron chi connectivity index (χ4n) is 2.51. The normalized spacial score (nSPS) is 19.2. The van der Waals surface area contributed by atoms with Crippen molar-refractivity contribution in [2.75, 3.05) is 13.1 Å². The largest absolute Gasteiger partial charge is 0.445 e. The van der Waals surface area contributed by atoms with E-state index in [0.29, 0.717) is 0 Å². The average molecular weight is 352 g/mol. The third-order valence-corrected chi connectivity index (χ3v) is 3.82. The zero-order valence-corrected chi connectivity index (χ0v) is 15.0. The van der Waals surface area contributed by atoms with Crippen LogP contribution in [0.2, 0.25) is 0 Å². The molecule has 1 aromatic rings. The summed E-state index contributed by atoms with van der Waals surface area (Å²) >= 11 is 0. The Balaban J connectivity index is 1.96. The molecule has 1 aromatic carbocycles. The minimum absolute atomic E-state index is 0.0865. The first-order valence-electron chi connectivity index (χ1n) is 9.89. The molecule has 2 rings (SSSR count). The van der Waals surface area contributed by atoms with E-state index < -0.39 is 30.2 Å². The van der Waals surface area contributed by atoms with Gasteiger partial charge in [-0.3, -0.25) is 0 Å². The predicted molar refractivity (Wildman–Crippen MR) is 95.2 cm³/mol. The maximum absolute atomic E-state index is 12.3. The lowest BCUT2D eigenvalue weighted by molar-refractivity contribution is 0.0389. The van der Waals surface area contributed by atoms with Crippen LogP contribution in [0.4, 0.5) is 9.59 Å². The van der Waals surface area contributed by atoms with Gasteiger partial charge in [0, 0.05) is 22.7 Å². The van der Waals surface area contributed by atoms with Crippen molar-refractivity contribution in [2.45, 2.75) is 58.2 Å². The van der Waals surface area contributed by atoms with Gasteiger partial charge in [-0.05, 0) is 46.0 Å². The van der Waals surface area contributed by atoms with E-state index in [1.54, 1.807) is 20.8 Å². The van der Waals surface area contributed by atoms with Gasteiger partial charge in [-0.2, -0.15) is 0 Å². The highest BCUT2D eigenvalue weighted by atomic mass is 16.6. The Labute approximate surface area is 153 Å². The first kappa shape index (κ1) is 15.0. The molecule has 1 saturated heterocycles. The molecule has 1 N–H and O–H groups in total. The summed E-state index contributed by atoms with van der Waals surface area (Å²) in [6.45, 7) is 3.18. The molecular weight excluding hydrogens is 321 g/mol. The van der Waals surface area contributed by atoms with Crippen LogP contribution in [-0.4, -0.2) is 41.3 Å². The smallest absolute Gasteiger partial charge is 0.410 e. The number of nitrogens with one attached hydrogen (secondary N) is 1. The Morgan fingerprint density at radius 1 is 1.24 bits per heavy atom. The fraction of sp³-hybridized carbons (Fsp3) is 0.579. The van der Waals surface area contributed by atoms with Gasteiger partial charge >= 0.3 is 12.2 Å². The summed E-state index contributed by atoms with van der Waals surface area (Å²) in [6.07, 6.45) is -1.10. The van der Waals surface area contributed by atoms with Gasteiger partial charge < -0.3 is 19.7 Å². The number of hydrogen-bond donors (Lipinski definition) is 1. The van der Waals surface area contributed by atoms with Crippen molar-refractivity contribution in [2.24, 2.45) is 0 Å². The van der Waals surface area contributed by atoms with Gasteiger partial charge in [0.05, 0.1) is 0 Å². The molecule has 1 aliphatic rings. The maximum atomic E-state index is 12.3. The highest BCUT2D eigenvalue weighted by Gasteiger charge is 2.34. The molecule has 0 aromatic heterocycles. The van der Waals surface area contributed by atoms with Gasteiger partial charge in [0.2, 0.25) is 0 Å². The second kappa shape index (κ2) is 7.76. The Kier molecular flexibility index (Phi) is 4.67. The molecule has 6 heteroatoms. The van der Waals surface area contributed by atoms with Crippen LogP contribution in [0.25, 0.3) is 0 Å². The number of amides is 2. The molecular formula is C19H28N2O4. The first-order valence-corrected chi connectivity index (χ1v) is 8.39. The number of nitrogens with zero attached hydrogens (tertiary/aromatic N) is 1. The second-order valence-electron chi connectivity index (χ2n) is 7.24. The monoisotopic (exact) mass is 352 g/mol. The van der Waals surface area contributed by atoms with Gasteiger partial charge in [-0.1, -0.05) is 30.3 Å². The molecule has 2 amide bonds. The molecule has 1 fully saturated rings. The summed E-state index contributed by atoms with van der Waals surface area (Å²) < 4.78 is 34.2. The minimum Gasteiger partial charge on any atom is -0.445 e. The number of piperidine rings is 1. The Morgan fingerprint density at radius 3 is 2.44 bits per heavy atom. The number of rotatable bonds is 3. The first-order chi connectivity index (χ1) is 12.9. The summed E-state index contributed by atoms with van der Waals surface area (Å²) in [5.41, 5.74) is -1.30. The highest BCUT2D eigenvalue weighted by molar-refractivity contribution is 5.69. The van der Waals surface area contributed by atoms with E-state index in [0.717, 1.165) is 5.56 Å². The molecule has 0 spiro atoms. The lowest BCUT2D eigenvalue weighted by Gasteiger charge is -2.39. The quantitative estimate of drug-likeness (QED) is 0.842. The summed E-state index contributed by atoms with van der Waals surface area (Å²) in [7, 11) is 0. The van der Waals surface area contributed by atoms with E-state index in [1.165, 1.54) is 4.90 Å². The summed E-state index contributed by atoms with van der Waals surface area (Å²) in [4.78, 5) is 25.9. The van der Waals surface area contributed by atoms with E-state index in [4.69, 9.17) is 13.6 Å². The van der Waals surface area contributed by atoms with Crippen LogP contribution >= 0.6 is 0 Å². The Bertz CT molecular complexity index is 679. The molecule has 1 aliphatic heterocycles. The van der Waals surface area contributed by atoms with Crippen LogP contribution in [0.3, 0.4) is 0 Å². The third kappa shape index (κ3) is 6.29. The predicted octanol–water partition coefficient (Wildman–Crippen LogP) is 3.70. The Morgan fingerprint density at radius 2 is 1.88 bits per heavy atom. The van der Waals surface area contributed by atoms with E-state index >= 15 is 0 Å². The average Bonchev–Trinajstić information content (AvgIpc) is 2.58. The van der Waals surface area contributed by atoms with Crippen LogP contribution in [0.1, 0.15) is 50.1 Å². The Hall–Kier alpha value is -2.24. The number of carbonyl (C=O) groups excluding carboxylic acids is 2. The molecule has 25 heavy (non-hydrogen) atoms. The van der Waals surface area contributed by atoms with Crippen LogP contribution in [-0.2, 0) is 16.1 Å². The standard InChI is InChI=1S/C19H28N2O4/c1-18(2,3)25-16(22)20-19(4)10-12-21(13-11-19)17(23)24-14-15-8-6-5-7-9-15/h5-9H,10-14H2,1-4H3,(H,20,22)/i4+1D3. The molecule has 0 aliphatic carbocycles. The molecule has 0 radical (unpaired) electrons. The molecule has 0 unspecified atom stereocenters. The second-order valence-corrected chi connectivity index (χ2v) is 7.24. The van der Waals surface area contributed by atoms with Crippen molar-refractivity contribution in [3.8, 4) is 0 Å². The topological polar surface area (TPSA) is 67.9 Å². The zero-order valence-electron chi connectivity index (χ0n) is 18.0. The van der Waals surface area contributed by atoms with E-state index in [1.807, 2.05) is 30.3 Å². The van der Waals surface area contributed by atoms with E-state index in [-0.39, 0.29) is 32.5 Å². The van der Waals surface area contributed by atoms with Crippen molar-refractivity contribution in [3.05, 3.63) is 35.9 Å². The highest BCUT2D eigenvalue weighted by Crippen LogP contribution is 2.23. The molecule has 0 bridgehead atoms. The van der Waals surface area contributed by atoms with Crippen molar-refractivity contribution < 1.29 is 23.2 Å². The molecule has 0 atom stereocenters. The van der Waals surface area contributed by atoms with Crippen LogP contribution in [0.5, 0.6) is 0 Å². The van der Waals surface area contributed by atoms with Crippen molar-refractivity contribution in [1.82, 2.24) is 10.2 Å². The summed E-state index contributed by atoms with van der Waals surface area (Å²) in [6, 6.07) is 9.30. The third-order valence-electron chi connectivity index (χ3n) is 3.82. The van der Waals surface area contributed by atoms with Crippen LogP contribution in [0.15, 0.2) is 30.3 Å². The SMILES string of the molecule is [2H][13C]([2H])([2H])C1(NC(=O)OC(C)(C)C)CCN(C(=O)OCc2ccccc2)CC1. The summed E-state index contributed by atoms with van der Waals surface area (Å²) in [5, 5.41) is 2.54. The number of hydrogen-bond acceptors (Lipinski definition) is 4. The molecule has 1 heterocycles. The number of ether oxygens (including phenoxy) is 2. The van der Waals surface area contributed by atoms with E-state index in [2.05, 4.69) is 5.32 Å². The number of likely N-dealkylation sites (tertiary alicyclic amines) is 1. The fourth-order valence-corrected chi connectivity index (χ4v) is 2.51. The van der Waals surface area contributed by atoms with E-state index in [9.17, 15) is 9.59 Å². The van der Waals surface area contributed by atoms with Gasteiger partial charge in [-0.25, -0.2) is 9.59 Å². The van der Waals surface area contributed by atoms with Gasteiger partial charge in [-0.15, -0.1) is 0 Å². The molecule has 0 saturated carbocycles. The van der Waals surface area contributed by atoms with Crippen LogP contribution in [0, 0.1) is 0 Å². The number of alkyl carbamates (subject to hydrolysis) is 1. The minimum atomic E-state index is -2.43. The van der Waals surface area contributed by atoms with Gasteiger partial charge in [0.15, 0.2) is 0 Å². The van der Waals surface area contributed by atoms with Crippen LogP contribution < -0.4 is 5.32 Å². The van der Waals surface area contributed by atoms with Crippen molar-refractivity contribution in [3.63, 3.8) is 0 Å². The maximum Gasteiger partial charge on any atom is 0.410 e.